The first-order valence-electron chi connectivity index (χ1n) is 11.2. The van der Waals surface area contributed by atoms with E-state index >= 15 is 0 Å². The predicted molar refractivity (Wildman–Crippen MR) is 120 cm³/mol. The molecular weight excluding hydrogens is 392 g/mol. The lowest BCUT2D eigenvalue weighted by atomic mass is 10.0. The maximum atomic E-state index is 12.9. The Labute approximate surface area is 184 Å². The van der Waals surface area contributed by atoms with Crippen molar-refractivity contribution < 1.29 is 19.0 Å². The molecule has 2 fully saturated rings. The summed E-state index contributed by atoms with van der Waals surface area (Å²) in [5.41, 5.74) is 1.77. The van der Waals surface area contributed by atoms with Gasteiger partial charge in [0, 0.05) is 18.7 Å². The second kappa shape index (κ2) is 10.6. The Morgan fingerprint density at radius 1 is 1.13 bits per heavy atom. The summed E-state index contributed by atoms with van der Waals surface area (Å²) in [5.74, 6) is 1.45. The highest BCUT2D eigenvalue weighted by atomic mass is 16.5. The average molecular weight is 425 g/mol. The van der Waals surface area contributed by atoms with Crippen molar-refractivity contribution in [3.8, 4) is 11.5 Å². The van der Waals surface area contributed by atoms with Crippen LogP contribution in [0.2, 0.25) is 0 Å². The highest BCUT2D eigenvalue weighted by Gasteiger charge is 2.24. The van der Waals surface area contributed by atoms with E-state index in [-0.39, 0.29) is 18.1 Å². The van der Waals surface area contributed by atoms with Crippen molar-refractivity contribution in [2.75, 3.05) is 40.0 Å². The number of carbonyl (C=O) groups is 1. The van der Waals surface area contributed by atoms with Gasteiger partial charge in [0.15, 0.2) is 0 Å². The number of nitrogens with zero attached hydrogens (tertiary/aromatic N) is 1. The molecule has 166 valence electrons. The lowest BCUT2D eigenvalue weighted by Crippen LogP contribution is -2.36. The molecule has 2 aromatic rings. The minimum Gasteiger partial charge on any atom is -0.497 e. The standard InChI is InChI=1S/C25H32N2O4/c1-29-21-9-4-7-19(15-21)24(27-12-2-3-13-27)17-26-25(28)20-8-5-10-22(16-20)31-18-23-11-6-14-30-23/h4-5,7-10,15-16,23-24H,2-3,6,11-14,17-18H2,1H3,(H,26,28). The highest BCUT2D eigenvalue weighted by molar-refractivity contribution is 5.94. The topological polar surface area (TPSA) is 60.0 Å². The van der Waals surface area contributed by atoms with Crippen molar-refractivity contribution in [1.82, 2.24) is 10.2 Å². The number of ether oxygens (including phenoxy) is 3. The van der Waals surface area contributed by atoms with Crippen LogP contribution in [0.15, 0.2) is 48.5 Å². The number of hydrogen-bond donors (Lipinski definition) is 1. The van der Waals surface area contributed by atoms with E-state index in [0.29, 0.717) is 24.5 Å². The normalized spacial score (nSPS) is 19.8. The van der Waals surface area contributed by atoms with Crippen LogP contribution >= 0.6 is 0 Å². The summed E-state index contributed by atoms with van der Waals surface area (Å²) in [4.78, 5) is 15.3. The number of amides is 1. The van der Waals surface area contributed by atoms with Gasteiger partial charge >= 0.3 is 0 Å². The molecule has 2 heterocycles. The third-order valence-corrected chi connectivity index (χ3v) is 6.07. The summed E-state index contributed by atoms with van der Waals surface area (Å²) in [6.45, 7) is 3.97. The second-order valence-electron chi connectivity index (χ2n) is 8.22. The van der Waals surface area contributed by atoms with Crippen molar-refractivity contribution in [3.63, 3.8) is 0 Å². The fourth-order valence-electron chi connectivity index (χ4n) is 4.34. The van der Waals surface area contributed by atoms with Crippen molar-refractivity contribution in [3.05, 3.63) is 59.7 Å². The minimum absolute atomic E-state index is 0.0883. The zero-order valence-corrected chi connectivity index (χ0v) is 18.2. The number of carbonyl (C=O) groups excluding carboxylic acids is 1. The molecule has 2 saturated heterocycles. The van der Waals surface area contributed by atoms with Gasteiger partial charge in [0.25, 0.3) is 5.91 Å². The third kappa shape index (κ3) is 5.77. The van der Waals surface area contributed by atoms with Crippen LogP contribution in [-0.4, -0.2) is 56.9 Å². The molecule has 0 bridgehead atoms. The molecule has 0 spiro atoms. The largest absolute Gasteiger partial charge is 0.497 e. The van der Waals surface area contributed by atoms with Gasteiger partial charge in [-0.3, -0.25) is 9.69 Å². The molecule has 6 heteroatoms. The molecular formula is C25H32N2O4. The van der Waals surface area contributed by atoms with E-state index in [1.807, 2.05) is 30.3 Å². The number of nitrogens with one attached hydrogen (secondary N) is 1. The fraction of sp³-hybridized carbons (Fsp3) is 0.480. The number of hydrogen-bond acceptors (Lipinski definition) is 5. The first-order chi connectivity index (χ1) is 15.2. The Hall–Kier alpha value is -2.57. The van der Waals surface area contributed by atoms with Gasteiger partial charge in [0.05, 0.1) is 19.3 Å². The van der Waals surface area contributed by atoms with E-state index in [9.17, 15) is 4.79 Å². The number of likely N-dealkylation sites (tertiary alicyclic amines) is 1. The van der Waals surface area contributed by atoms with E-state index in [1.165, 1.54) is 12.8 Å². The van der Waals surface area contributed by atoms with Crippen LogP contribution in [0.5, 0.6) is 11.5 Å². The van der Waals surface area contributed by atoms with Crippen LogP contribution in [0.4, 0.5) is 0 Å². The smallest absolute Gasteiger partial charge is 0.251 e. The van der Waals surface area contributed by atoms with Gasteiger partial charge in [-0.1, -0.05) is 18.2 Å². The summed E-state index contributed by atoms with van der Waals surface area (Å²) in [5, 5.41) is 3.13. The van der Waals surface area contributed by atoms with Crippen LogP contribution < -0.4 is 14.8 Å². The number of methoxy groups -OCH3 is 1. The highest BCUT2D eigenvalue weighted by Crippen LogP contribution is 2.27. The molecule has 0 saturated carbocycles. The molecule has 0 radical (unpaired) electrons. The summed E-state index contributed by atoms with van der Waals surface area (Å²) in [6.07, 6.45) is 4.66. The van der Waals surface area contributed by atoms with Gasteiger partial charge in [-0.25, -0.2) is 0 Å². The first kappa shape index (κ1) is 21.7. The second-order valence-corrected chi connectivity index (χ2v) is 8.22. The Kier molecular flexibility index (Phi) is 7.43. The Morgan fingerprint density at radius 3 is 2.71 bits per heavy atom. The van der Waals surface area contributed by atoms with Crippen LogP contribution in [0.25, 0.3) is 0 Å². The van der Waals surface area contributed by atoms with Gasteiger partial charge in [-0.15, -0.1) is 0 Å². The zero-order chi connectivity index (χ0) is 21.5. The summed E-state index contributed by atoms with van der Waals surface area (Å²) < 4.78 is 16.9. The molecule has 2 unspecified atom stereocenters. The number of rotatable bonds is 9. The third-order valence-electron chi connectivity index (χ3n) is 6.07. The average Bonchev–Trinajstić information content (AvgIpc) is 3.53. The quantitative estimate of drug-likeness (QED) is 0.663. The molecule has 6 nitrogen and oxygen atoms in total. The summed E-state index contributed by atoms with van der Waals surface area (Å²) >= 11 is 0. The van der Waals surface area contributed by atoms with E-state index < -0.39 is 0 Å². The van der Waals surface area contributed by atoms with Crippen LogP contribution in [-0.2, 0) is 4.74 Å². The fourth-order valence-corrected chi connectivity index (χ4v) is 4.34. The maximum absolute atomic E-state index is 12.9. The molecule has 31 heavy (non-hydrogen) atoms. The zero-order valence-electron chi connectivity index (χ0n) is 18.2. The molecule has 0 aliphatic carbocycles. The van der Waals surface area contributed by atoms with E-state index in [2.05, 4.69) is 22.3 Å². The molecule has 2 aliphatic rings. The summed E-state index contributed by atoms with van der Waals surface area (Å²) in [7, 11) is 1.68. The van der Waals surface area contributed by atoms with E-state index in [4.69, 9.17) is 14.2 Å². The van der Waals surface area contributed by atoms with Crippen molar-refractivity contribution >= 4 is 5.91 Å². The molecule has 0 aromatic heterocycles. The maximum Gasteiger partial charge on any atom is 0.251 e. The Morgan fingerprint density at radius 2 is 1.94 bits per heavy atom. The Balaban J connectivity index is 1.39. The van der Waals surface area contributed by atoms with Crippen molar-refractivity contribution in [2.24, 2.45) is 0 Å². The van der Waals surface area contributed by atoms with Gasteiger partial charge in [-0.05, 0) is 74.7 Å². The molecule has 4 rings (SSSR count). The molecule has 1 amide bonds. The minimum atomic E-state index is -0.0883. The van der Waals surface area contributed by atoms with Crippen molar-refractivity contribution in [2.45, 2.75) is 37.8 Å². The molecule has 2 aliphatic heterocycles. The van der Waals surface area contributed by atoms with Gasteiger partial charge in [0.2, 0.25) is 0 Å². The van der Waals surface area contributed by atoms with Gasteiger partial charge < -0.3 is 19.5 Å². The van der Waals surface area contributed by atoms with Crippen LogP contribution in [0.3, 0.4) is 0 Å². The lowest BCUT2D eigenvalue weighted by Gasteiger charge is -2.28. The SMILES string of the molecule is COc1cccc(C(CNC(=O)c2cccc(OCC3CCCO3)c2)N2CCCC2)c1. The van der Waals surface area contributed by atoms with Gasteiger partial charge in [-0.2, -0.15) is 0 Å². The molecule has 2 aromatic carbocycles. The lowest BCUT2D eigenvalue weighted by molar-refractivity contribution is 0.0679. The predicted octanol–water partition coefficient (Wildman–Crippen LogP) is 3.82. The number of benzene rings is 2. The van der Waals surface area contributed by atoms with Crippen molar-refractivity contribution in [1.29, 1.82) is 0 Å². The van der Waals surface area contributed by atoms with Crippen LogP contribution in [0.1, 0.15) is 47.6 Å². The summed E-state index contributed by atoms with van der Waals surface area (Å²) in [6, 6.07) is 15.6. The van der Waals surface area contributed by atoms with E-state index in [0.717, 1.165) is 43.9 Å². The molecule has 2 atom stereocenters. The molecule has 1 N–H and O–H groups in total. The first-order valence-corrected chi connectivity index (χ1v) is 11.2. The van der Waals surface area contributed by atoms with E-state index in [1.54, 1.807) is 13.2 Å². The van der Waals surface area contributed by atoms with Gasteiger partial charge in [0.1, 0.15) is 18.1 Å². The van der Waals surface area contributed by atoms with Crippen LogP contribution in [0, 0.1) is 0 Å². The monoisotopic (exact) mass is 424 g/mol. The Bertz CT molecular complexity index is 860.